The fraction of sp³-hybridized carbons (Fsp3) is 0.238. The number of hydrogen-bond acceptors (Lipinski definition) is 4. The number of nitrogens with one attached hydrogen (secondary N) is 1. The van der Waals surface area contributed by atoms with Crippen molar-refractivity contribution in [2.75, 3.05) is 5.32 Å². The predicted molar refractivity (Wildman–Crippen MR) is 121 cm³/mol. The van der Waals surface area contributed by atoms with E-state index in [0.717, 1.165) is 27.5 Å². The van der Waals surface area contributed by atoms with E-state index in [1.807, 2.05) is 24.6 Å². The largest absolute Gasteiger partial charge is 0.433 e. The predicted octanol–water partition coefficient (Wildman–Crippen LogP) is 5.59. The molecule has 0 saturated heterocycles. The van der Waals surface area contributed by atoms with E-state index in [9.17, 15) is 18.0 Å². The van der Waals surface area contributed by atoms with Crippen LogP contribution >= 0.6 is 27.5 Å². The van der Waals surface area contributed by atoms with Gasteiger partial charge in [-0.2, -0.15) is 23.4 Å². The molecule has 0 unspecified atom stereocenters. The Hall–Kier alpha value is -2.92. The Morgan fingerprint density at radius 3 is 2.55 bits per heavy atom. The van der Waals surface area contributed by atoms with Crippen LogP contribution in [-0.2, 0) is 12.7 Å². The van der Waals surface area contributed by atoms with Crippen LogP contribution in [0, 0.1) is 20.8 Å². The molecule has 0 atom stereocenters. The minimum absolute atomic E-state index is 0.104. The summed E-state index contributed by atoms with van der Waals surface area (Å²) in [6.45, 7) is 5.70. The molecule has 0 saturated carbocycles. The van der Waals surface area contributed by atoms with E-state index in [0.29, 0.717) is 16.7 Å². The zero-order chi connectivity index (χ0) is 24.1. The first-order valence-corrected chi connectivity index (χ1v) is 10.9. The monoisotopic (exact) mass is 540 g/mol. The lowest BCUT2D eigenvalue weighted by atomic mass is 10.2. The van der Waals surface area contributed by atoms with Crippen LogP contribution in [0.25, 0.3) is 5.65 Å². The van der Waals surface area contributed by atoms with Crippen molar-refractivity contribution >= 4 is 44.8 Å². The molecule has 1 aromatic carbocycles. The van der Waals surface area contributed by atoms with Gasteiger partial charge in [0, 0.05) is 11.4 Å². The van der Waals surface area contributed by atoms with Crippen LogP contribution in [0.5, 0.6) is 0 Å². The third-order valence-electron chi connectivity index (χ3n) is 4.98. The third-order valence-corrected chi connectivity index (χ3v) is 6.47. The van der Waals surface area contributed by atoms with Gasteiger partial charge in [-0.3, -0.25) is 9.48 Å². The van der Waals surface area contributed by atoms with Gasteiger partial charge in [0.05, 0.1) is 22.4 Å². The van der Waals surface area contributed by atoms with Crippen LogP contribution in [0.3, 0.4) is 0 Å². The van der Waals surface area contributed by atoms with Gasteiger partial charge in [0.1, 0.15) is 10.7 Å². The number of rotatable bonds is 4. The number of aryl methyl sites for hydroxylation is 2. The van der Waals surface area contributed by atoms with Gasteiger partial charge in [0.25, 0.3) is 5.91 Å². The van der Waals surface area contributed by atoms with Gasteiger partial charge in [-0.1, -0.05) is 23.7 Å². The molecule has 33 heavy (non-hydrogen) atoms. The number of aromatic nitrogens is 5. The van der Waals surface area contributed by atoms with Crippen molar-refractivity contribution in [1.29, 1.82) is 0 Å². The highest BCUT2D eigenvalue weighted by Gasteiger charge is 2.36. The molecule has 0 aliphatic heterocycles. The van der Waals surface area contributed by atoms with E-state index in [1.54, 1.807) is 18.2 Å². The number of alkyl halides is 3. The Kier molecular flexibility index (Phi) is 5.95. The van der Waals surface area contributed by atoms with Crippen molar-refractivity contribution in [3.63, 3.8) is 0 Å². The topological polar surface area (TPSA) is 77.1 Å². The number of anilines is 1. The van der Waals surface area contributed by atoms with Crippen molar-refractivity contribution in [2.45, 2.75) is 33.5 Å². The summed E-state index contributed by atoms with van der Waals surface area (Å²) in [5.41, 5.74) is 1.57. The molecule has 0 spiro atoms. The molecule has 0 bridgehead atoms. The molecule has 172 valence electrons. The van der Waals surface area contributed by atoms with E-state index in [1.165, 1.54) is 6.92 Å². The maximum atomic E-state index is 13.4. The summed E-state index contributed by atoms with van der Waals surface area (Å²) in [5, 5.41) is 10.7. The van der Waals surface area contributed by atoms with E-state index in [-0.39, 0.29) is 22.1 Å². The molecule has 7 nitrogen and oxygen atoms in total. The Bertz CT molecular complexity index is 1400. The number of nitrogens with zero attached hydrogens (tertiary/aromatic N) is 5. The fourth-order valence-corrected chi connectivity index (χ4v) is 3.93. The number of carbonyl (C=O) groups excluding carboxylic acids is 1. The molecule has 1 N–H and O–H groups in total. The van der Waals surface area contributed by atoms with Gasteiger partial charge >= 0.3 is 6.18 Å². The Morgan fingerprint density at radius 1 is 1.18 bits per heavy atom. The number of halogens is 5. The smallest absolute Gasteiger partial charge is 0.321 e. The highest BCUT2D eigenvalue weighted by molar-refractivity contribution is 9.10. The average Bonchev–Trinajstić information content (AvgIpc) is 3.18. The molecule has 4 rings (SSSR count). The molecule has 3 aromatic heterocycles. The van der Waals surface area contributed by atoms with E-state index < -0.39 is 17.8 Å². The van der Waals surface area contributed by atoms with Crippen molar-refractivity contribution in [1.82, 2.24) is 24.4 Å². The molecule has 1 amide bonds. The lowest BCUT2D eigenvalue weighted by Crippen LogP contribution is -2.16. The van der Waals surface area contributed by atoms with Crippen molar-refractivity contribution in [3.8, 4) is 0 Å². The van der Waals surface area contributed by atoms with Gasteiger partial charge in [-0.25, -0.2) is 9.50 Å². The third kappa shape index (κ3) is 4.47. The molecule has 12 heteroatoms. The standard InChI is InChI=1S/C21H17BrClF3N6O/c1-10-7-15(21(24,25)26)32-19(27-10)17(23)18(30-32)20(33)28-14-6-4-5-13(8-14)9-31-12(3)16(22)11(2)29-31/h4-8H,9H2,1-3H3,(H,28,33). The summed E-state index contributed by atoms with van der Waals surface area (Å²) in [6.07, 6.45) is -4.69. The van der Waals surface area contributed by atoms with Crippen LogP contribution < -0.4 is 5.32 Å². The average molecular weight is 542 g/mol. The summed E-state index contributed by atoms with van der Waals surface area (Å²) < 4.78 is 43.6. The molecule has 4 aromatic rings. The van der Waals surface area contributed by atoms with Gasteiger partial charge in [-0.15, -0.1) is 0 Å². The molecule has 0 aliphatic carbocycles. The zero-order valence-electron chi connectivity index (χ0n) is 17.6. The van der Waals surface area contributed by atoms with Gasteiger partial charge in [0.15, 0.2) is 11.3 Å². The first-order chi connectivity index (χ1) is 15.5. The maximum absolute atomic E-state index is 13.4. The second kappa shape index (κ2) is 8.45. The lowest BCUT2D eigenvalue weighted by Gasteiger charge is -2.09. The Balaban J connectivity index is 1.63. The van der Waals surface area contributed by atoms with Crippen LogP contribution in [0.15, 0.2) is 34.8 Å². The summed E-state index contributed by atoms with van der Waals surface area (Å²) in [4.78, 5) is 16.8. The highest BCUT2D eigenvalue weighted by Crippen LogP contribution is 2.32. The minimum Gasteiger partial charge on any atom is -0.321 e. The highest BCUT2D eigenvalue weighted by atomic mass is 79.9. The van der Waals surface area contributed by atoms with Crippen molar-refractivity contribution < 1.29 is 18.0 Å². The summed E-state index contributed by atoms with van der Waals surface area (Å²) in [6, 6.07) is 7.88. The number of benzene rings is 1. The molecule has 0 fully saturated rings. The lowest BCUT2D eigenvalue weighted by molar-refractivity contribution is -0.142. The maximum Gasteiger partial charge on any atom is 0.433 e. The molecular weight excluding hydrogens is 525 g/mol. The molecule has 3 heterocycles. The van der Waals surface area contributed by atoms with Gasteiger partial charge < -0.3 is 5.32 Å². The number of fused-ring (bicyclic) bond motifs is 1. The quantitative estimate of drug-likeness (QED) is 0.366. The van der Waals surface area contributed by atoms with E-state index in [2.05, 4.69) is 36.4 Å². The van der Waals surface area contributed by atoms with Crippen LogP contribution in [0.4, 0.5) is 18.9 Å². The van der Waals surface area contributed by atoms with Crippen molar-refractivity contribution in [2.24, 2.45) is 0 Å². The molecule has 0 radical (unpaired) electrons. The number of amides is 1. The number of carbonyl (C=O) groups is 1. The SMILES string of the molecule is Cc1cc(C(F)(F)F)n2nc(C(=O)Nc3cccc(Cn4nc(C)c(Br)c4C)c3)c(Cl)c2n1. The second-order valence-electron chi connectivity index (χ2n) is 7.48. The second-order valence-corrected chi connectivity index (χ2v) is 8.65. The first kappa shape index (κ1) is 23.2. The van der Waals surface area contributed by atoms with E-state index >= 15 is 0 Å². The molecular formula is C21H17BrClF3N6O. The Labute approximate surface area is 199 Å². The summed E-state index contributed by atoms with van der Waals surface area (Å²) in [5.74, 6) is -0.748. The molecule has 0 aliphatic rings. The van der Waals surface area contributed by atoms with Crippen LogP contribution in [0.2, 0.25) is 5.02 Å². The number of hydrogen-bond donors (Lipinski definition) is 1. The van der Waals surface area contributed by atoms with Crippen molar-refractivity contribution in [3.05, 3.63) is 73.9 Å². The minimum atomic E-state index is -4.69. The van der Waals surface area contributed by atoms with Gasteiger partial charge in [0.2, 0.25) is 0 Å². The fourth-order valence-electron chi connectivity index (χ4n) is 3.40. The zero-order valence-corrected chi connectivity index (χ0v) is 20.0. The summed E-state index contributed by atoms with van der Waals surface area (Å²) in [7, 11) is 0. The normalized spacial score (nSPS) is 11.9. The van der Waals surface area contributed by atoms with Gasteiger partial charge in [-0.05, 0) is 60.5 Å². The Morgan fingerprint density at radius 2 is 1.91 bits per heavy atom. The van der Waals surface area contributed by atoms with Crippen LogP contribution in [0.1, 0.15) is 38.8 Å². The van der Waals surface area contributed by atoms with Crippen LogP contribution in [-0.4, -0.2) is 30.3 Å². The summed E-state index contributed by atoms with van der Waals surface area (Å²) >= 11 is 9.69. The first-order valence-electron chi connectivity index (χ1n) is 9.68. The van der Waals surface area contributed by atoms with E-state index in [4.69, 9.17) is 11.6 Å².